The van der Waals surface area contributed by atoms with Gasteiger partial charge in [0.1, 0.15) is 11.1 Å². The first-order chi connectivity index (χ1) is 13.5. The van der Waals surface area contributed by atoms with Crippen molar-refractivity contribution >= 4 is 23.0 Å². The molecule has 3 aromatic rings. The maximum absolute atomic E-state index is 9.68. The molecule has 0 amide bonds. The molecule has 0 aliphatic carbocycles. The van der Waals surface area contributed by atoms with Gasteiger partial charge < -0.3 is 9.47 Å². The van der Waals surface area contributed by atoms with Crippen LogP contribution in [0.15, 0.2) is 24.4 Å². The van der Waals surface area contributed by atoms with E-state index in [1.165, 1.54) is 11.3 Å². The molecule has 4 rings (SSSR count). The minimum atomic E-state index is 0.532. The first kappa shape index (κ1) is 18.3. The highest BCUT2D eigenvalue weighted by Gasteiger charge is 2.16. The number of nitrogens with zero attached hydrogens (tertiary/aromatic N) is 4. The molecule has 2 aromatic heterocycles. The SMILES string of the molecule is Cc1nc(/C(C#N)=C/c2cn(C)nc2-c2ccc3c(c2)OCCCO3)sc1C. The van der Waals surface area contributed by atoms with Crippen LogP contribution in [0.25, 0.3) is 22.9 Å². The molecule has 7 heteroatoms. The summed E-state index contributed by atoms with van der Waals surface area (Å²) in [6.07, 6.45) is 4.62. The molecule has 0 bridgehead atoms. The van der Waals surface area contributed by atoms with E-state index in [2.05, 4.69) is 16.2 Å². The van der Waals surface area contributed by atoms with E-state index >= 15 is 0 Å². The zero-order valence-corrected chi connectivity index (χ0v) is 16.8. The van der Waals surface area contributed by atoms with Gasteiger partial charge in [0.15, 0.2) is 11.5 Å². The van der Waals surface area contributed by atoms with Gasteiger partial charge in [0, 0.05) is 35.7 Å². The van der Waals surface area contributed by atoms with Gasteiger partial charge in [0.2, 0.25) is 0 Å². The normalized spacial score (nSPS) is 13.9. The number of hydrogen-bond donors (Lipinski definition) is 0. The number of nitriles is 1. The average molecular weight is 392 g/mol. The van der Waals surface area contributed by atoms with E-state index in [4.69, 9.17) is 9.47 Å². The van der Waals surface area contributed by atoms with Crippen molar-refractivity contribution in [2.75, 3.05) is 13.2 Å². The third-order valence-corrected chi connectivity index (χ3v) is 5.66. The zero-order chi connectivity index (χ0) is 19.7. The number of allylic oxidation sites excluding steroid dienone is 1. The lowest BCUT2D eigenvalue weighted by molar-refractivity contribution is 0.297. The standard InChI is InChI=1S/C21H20N4O2S/c1-13-14(2)28-21(23-13)16(11-22)9-17-12-25(3)24-20(17)15-5-6-18-19(10-15)27-8-4-7-26-18/h5-6,9-10,12H,4,7-8H2,1-3H3/b16-9+. The van der Waals surface area contributed by atoms with Crippen LogP contribution in [0.4, 0.5) is 0 Å². The molecule has 0 atom stereocenters. The largest absolute Gasteiger partial charge is 0.490 e. The Labute approximate surface area is 167 Å². The summed E-state index contributed by atoms with van der Waals surface area (Å²) in [5, 5.41) is 15.0. The van der Waals surface area contributed by atoms with Crippen molar-refractivity contribution in [1.82, 2.24) is 14.8 Å². The highest BCUT2D eigenvalue weighted by molar-refractivity contribution is 7.12. The first-order valence-corrected chi connectivity index (χ1v) is 9.86. The summed E-state index contributed by atoms with van der Waals surface area (Å²) in [6, 6.07) is 8.11. The van der Waals surface area contributed by atoms with Crippen LogP contribution in [0.3, 0.4) is 0 Å². The summed E-state index contributed by atoms with van der Waals surface area (Å²) in [7, 11) is 1.87. The quantitative estimate of drug-likeness (QED) is 0.618. The van der Waals surface area contributed by atoms with Gasteiger partial charge >= 0.3 is 0 Å². The smallest absolute Gasteiger partial charge is 0.161 e. The third kappa shape index (κ3) is 3.51. The molecular formula is C21H20N4O2S. The summed E-state index contributed by atoms with van der Waals surface area (Å²) in [5.41, 5.74) is 4.05. The van der Waals surface area contributed by atoms with E-state index in [1.807, 2.05) is 51.4 Å². The summed E-state index contributed by atoms with van der Waals surface area (Å²) in [4.78, 5) is 5.64. The minimum Gasteiger partial charge on any atom is -0.490 e. The molecule has 0 unspecified atom stereocenters. The molecule has 1 aromatic carbocycles. The lowest BCUT2D eigenvalue weighted by atomic mass is 10.1. The Hall–Kier alpha value is -3.11. The molecule has 142 valence electrons. The van der Waals surface area contributed by atoms with E-state index in [-0.39, 0.29) is 0 Å². The maximum atomic E-state index is 9.68. The monoisotopic (exact) mass is 392 g/mol. The summed E-state index contributed by atoms with van der Waals surface area (Å²) >= 11 is 1.53. The van der Waals surface area contributed by atoms with Crippen LogP contribution in [0, 0.1) is 25.2 Å². The number of aromatic nitrogens is 3. The van der Waals surface area contributed by atoms with Gasteiger partial charge in [-0.1, -0.05) is 0 Å². The summed E-state index contributed by atoms with van der Waals surface area (Å²) in [5.74, 6) is 1.47. The second kappa shape index (κ2) is 7.49. The van der Waals surface area contributed by atoms with E-state index in [1.54, 1.807) is 4.68 Å². The molecule has 1 aliphatic rings. The molecule has 0 N–H and O–H groups in total. The van der Waals surface area contributed by atoms with Crippen LogP contribution in [-0.4, -0.2) is 28.0 Å². The van der Waals surface area contributed by atoms with Gasteiger partial charge in [-0.3, -0.25) is 4.68 Å². The molecule has 0 saturated carbocycles. The van der Waals surface area contributed by atoms with Crippen LogP contribution < -0.4 is 9.47 Å². The number of ether oxygens (including phenoxy) is 2. The van der Waals surface area contributed by atoms with Gasteiger partial charge in [-0.2, -0.15) is 10.4 Å². The molecular weight excluding hydrogens is 372 g/mol. The fourth-order valence-corrected chi connectivity index (χ4v) is 3.91. The third-order valence-electron chi connectivity index (χ3n) is 4.56. The van der Waals surface area contributed by atoms with Gasteiger partial charge in [-0.25, -0.2) is 4.98 Å². The van der Waals surface area contributed by atoms with Crippen molar-refractivity contribution in [3.8, 4) is 28.8 Å². The van der Waals surface area contributed by atoms with Crippen molar-refractivity contribution in [3.63, 3.8) is 0 Å². The van der Waals surface area contributed by atoms with Crippen molar-refractivity contribution in [1.29, 1.82) is 5.26 Å². The van der Waals surface area contributed by atoms with Gasteiger partial charge in [0.25, 0.3) is 0 Å². The minimum absolute atomic E-state index is 0.532. The van der Waals surface area contributed by atoms with E-state index in [9.17, 15) is 5.26 Å². The van der Waals surface area contributed by atoms with Gasteiger partial charge in [0.05, 0.1) is 30.2 Å². The number of fused-ring (bicyclic) bond motifs is 1. The lowest BCUT2D eigenvalue weighted by Crippen LogP contribution is -1.97. The Morgan fingerprint density at radius 2 is 2.04 bits per heavy atom. The van der Waals surface area contributed by atoms with Crippen LogP contribution in [0.5, 0.6) is 11.5 Å². The summed E-state index contributed by atoms with van der Waals surface area (Å²) in [6.45, 7) is 5.26. The van der Waals surface area contributed by atoms with E-state index in [0.717, 1.165) is 50.3 Å². The Balaban J connectivity index is 1.77. The molecule has 0 saturated heterocycles. The molecule has 28 heavy (non-hydrogen) atoms. The van der Waals surface area contributed by atoms with E-state index in [0.29, 0.717) is 18.8 Å². The molecule has 0 fully saturated rings. The van der Waals surface area contributed by atoms with Crippen LogP contribution in [0.2, 0.25) is 0 Å². The Morgan fingerprint density at radius 3 is 2.75 bits per heavy atom. The molecule has 0 spiro atoms. The topological polar surface area (TPSA) is 73.0 Å². The predicted molar refractivity (Wildman–Crippen MR) is 109 cm³/mol. The van der Waals surface area contributed by atoms with Crippen LogP contribution in [0.1, 0.15) is 27.6 Å². The van der Waals surface area contributed by atoms with Gasteiger partial charge in [-0.15, -0.1) is 11.3 Å². The van der Waals surface area contributed by atoms with Crippen LogP contribution >= 0.6 is 11.3 Å². The number of aryl methyl sites for hydroxylation is 3. The maximum Gasteiger partial charge on any atom is 0.161 e. The van der Waals surface area contributed by atoms with Crippen molar-refractivity contribution < 1.29 is 9.47 Å². The van der Waals surface area contributed by atoms with Crippen LogP contribution in [-0.2, 0) is 7.05 Å². The molecule has 0 radical (unpaired) electrons. The highest BCUT2D eigenvalue weighted by Crippen LogP contribution is 2.36. The second-order valence-corrected chi connectivity index (χ2v) is 7.85. The zero-order valence-electron chi connectivity index (χ0n) is 16.0. The lowest BCUT2D eigenvalue weighted by Gasteiger charge is -2.08. The van der Waals surface area contributed by atoms with E-state index < -0.39 is 0 Å². The highest BCUT2D eigenvalue weighted by atomic mass is 32.1. The Kier molecular flexibility index (Phi) is 4.88. The fraction of sp³-hybridized carbons (Fsp3) is 0.286. The first-order valence-electron chi connectivity index (χ1n) is 9.05. The average Bonchev–Trinajstić information content (AvgIpc) is 3.11. The fourth-order valence-electron chi connectivity index (χ4n) is 3.03. The predicted octanol–water partition coefficient (Wildman–Crippen LogP) is 4.39. The molecule has 6 nitrogen and oxygen atoms in total. The number of thiazole rings is 1. The molecule has 3 heterocycles. The Bertz CT molecular complexity index is 1080. The summed E-state index contributed by atoms with van der Waals surface area (Å²) < 4.78 is 13.3. The van der Waals surface area contributed by atoms with Gasteiger partial charge in [-0.05, 0) is 38.1 Å². The molecule has 1 aliphatic heterocycles. The van der Waals surface area contributed by atoms with Crippen molar-refractivity contribution in [3.05, 3.63) is 45.5 Å². The van der Waals surface area contributed by atoms with Crippen molar-refractivity contribution in [2.24, 2.45) is 7.05 Å². The van der Waals surface area contributed by atoms with Crippen molar-refractivity contribution in [2.45, 2.75) is 20.3 Å². The Morgan fingerprint density at radius 1 is 1.25 bits per heavy atom. The second-order valence-electron chi connectivity index (χ2n) is 6.65. The number of hydrogen-bond acceptors (Lipinski definition) is 6. The number of rotatable bonds is 3. The number of benzene rings is 1.